The van der Waals surface area contributed by atoms with Crippen molar-refractivity contribution in [3.63, 3.8) is 0 Å². The third-order valence-corrected chi connectivity index (χ3v) is 3.26. The number of hydrogen-bond donors (Lipinski definition) is 2. The number of benzene rings is 1. The SMILES string of the molecule is CCCOCCOc1ccc(C(=O)O)cc1S(N)(=O)=O. The number of carbonyl (C=O) groups is 1. The predicted molar refractivity (Wildman–Crippen MR) is 71.4 cm³/mol. The summed E-state index contributed by atoms with van der Waals surface area (Å²) >= 11 is 0. The smallest absolute Gasteiger partial charge is 0.335 e. The molecule has 0 saturated carbocycles. The van der Waals surface area contributed by atoms with E-state index in [9.17, 15) is 13.2 Å². The Labute approximate surface area is 117 Å². The molecule has 1 aromatic carbocycles. The zero-order valence-electron chi connectivity index (χ0n) is 11.0. The van der Waals surface area contributed by atoms with Gasteiger partial charge in [-0.2, -0.15) is 0 Å². The van der Waals surface area contributed by atoms with Crippen molar-refractivity contribution < 1.29 is 27.8 Å². The van der Waals surface area contributed by atoms with E-state index in [1.165, 1.54) is 12.1 Å². The molecule has 20 heavy (non-hydrogen) atoms. The van der Waals surface area contributed by atoms with E-state index >= 15 is 0 Å². The summed E-state index contributed by atoms with van der Waals surface area (Å²) in [5, 5.41) is 13.9. The molecule has 8 heteroatoms. The Balaban J connectivity index is 2.87. The van der Waals surface area contributed by atoms with E-state index in [1.807, 2.05) is 6.92 Å². The van der Waals surface area contributed by atoms with Gasteiger partial charge in [0.15, 0.2) is 0 Å². The Hall–Kier alpha value is -1.64. The Morgan fingerprint density at radius 1 is 1.30 bits per heavy atom. The maximum absolute atomic E-state index is 11.4. The molecule has 0 saturated heterocycles. The molecule has 1 aromatic rings. The lowest BCUT2D eigenvalue weighted by molar-refractivity contribution is 0.0696. The van der Waals surface area contributed by atoms with Gasteiger partial charge in [-0.1, -0.05) is 6.92 Å². The van der Waals surface area contributed by atoms with Crippen LogP contribution in [0.15, 0.2) is 23.1 Å². The Kier molecular flexibility index (Phi) is 5.93. The van der Waals surface area contributed by atoms with Crippen molar-refractivity contribution in [2.24, 2.45) is 5.14 Å². The van der Waals surface area contributed by atoms with E-state index in [0.29, 0.717) is 13.2 Å². The molecular formula is C12H17NO6S. The fraction of sp³-hybridized carbons (Fsp3) is 0.417. The topological polar surface area (TPSA) is 116 Å². The number of primary sulfonamides is 1. The third-order valence-electron chi connectivity index (χ3n) is 2.33. The van der Waals surface area contributed by atoms with Crippen molar-refractivity contribution in [1.82, 2.24) is 0 Å². The molecule has 1 rings (SSSR count). The van der Waals surface area contributed by atoms with E-state index in [4.69, 9.17) is 19.7 Å². The molecule has 0 fully saturated rings. The monoisotopic (exact) mass is 303 g/mol. The summed E-state index contributed by atoms with van der Waals surface area (Å²) < 4.78 is 33.3. The number of rotatable bonds is 8. The number of nitrogens with two attached hydrogens (primary N) is 1. The number of sulfonamides is 1. The number of ether oxygens (including phenoxy) is 2. The largest absolute Gasteiger partial charge is 0.490 e. The first-order chi connectivity index (χ1) is 9.36. The van der Waals surface area contributed by atoms with Crippen molar-refractivity contribution >= 4 is 16.0 Å². The Bertz CT molecular complexity index is 569. The molecule has 0 bridgehead atoms. The highest BCUT2D eigenvalue weighted by molar-refractivity contribution is 7.89. The molecule has 112 valence electrons. The van der Waals surface area contributed by atoms with Crippen molar-refractivity contribution in [2.45, 2.75) is 18.2 Å². The van der Waals surface area contributed by atoms with Crippen LogP contribution < -0.4 is 9.88 Å². The molecule has 0 atom stereocenters. The van der Waals surface area contributed by atoms with Crippen LogP contribution in [0.1, 0.15) is 23.7 Å². The van der Waals surface area contributed by atoms with Gasteiger partial charge >= 0.3 is 5.97 Å². The first-order valence-electron chi connectivity index (χ1n) is 5.97. The van der Waals surface area contributed by atoms with Gasteiger partial charge in [0.05, 0.1) is 12.2 Å². The number of carboxylic acids is 1. The first kappa shape index (κ1) is 16.4. The quantitative estimate of drug-likeness (QED) is 0.687. The van der Waals surface area contributed by atoms with Gasteiger partial charge < -0.3 is 14.6 Å². The van der Waals surface area contributed by atoms with Gasteiger partial charge in [0, 0.05) is 6.61 Å². The standard InChI is InChI=1S/C12H17NO6S/c1-2-5-18-6-7-19-10-4-3-9(12(14)15)8-11(10)20(13,16)17/h3-4,8H,2,5-7H2,1H3,(H,14,15)(H2,13,16,17). The second-order valence-corrected chi connectivity index (χ2v) is 5.50. The average molecular weight is 303 g/mol. The van der Waals surface area contributed by atoms with Crippen LogP contribution in [0.3, 0.4) is 0 Å². The number of carboxylic acid groups (broad SMARTS) is 1. The van der Waals surface area contributed by atoms with Crippen LogP contribution in [0.25, 0.3) is 0 Å². The Morgan fingerprint density at radius 3 is 2.55 bits per heavy atom. The molecule has 0 aliphatic rings. The molecule has 0 amide bonds. The predicted octanol–water partition coefficient (Wildman–Crippen LogP) is 0.838. The lowest BCUT2D eigenvalue weighted by Gasteiger charge is -2.11. The van der Waals surface area contributed by atoms with E-state index in [0.717, 1.165) is 12.5 Å². The fourth-order valence-electron chi connectivity index (χ4n) is 1.44. The van der Waals surface area contributed by atoms with Gasteiger partial charge in [-0.25, -0.2) is 18.4 Å². The molecule has 3 N–H and O–H groups in total. The zero-order valence-corrected chi connectivity index (χ0v) is 11.9. The van der Waals surface area contributed by atoms with Gasteiger partial charge in [-0.05, 0) is 24.6 Å². The molecule has 0 spiro atoms. The third kappa shape index (κ3) is 4.80. The van der Waals surface area contributed by atoms with Crippen molar-refractivity contribution in [3.05, 3.63) is 23.8 Å². The highest BCUT2D eigenvalue weighted by Crippen LogP contribution is 2.24. The minimum atomic E-state index is -4.07. The minimum Gasteiger partial charge on any atom is -0.490 e. The van der Waals surface area contributed by atoms with Crippen molar-refractivity contribution in [1.29, 1.82) is 0 Å². The van der Waals surface area contributed by atoms with Gasteiger partial charge in [-0.3, -0.25) is 0 Å². The molecule has 7 nitrogen and oxygen atoms in total. The summed E-state index contributed by atoms with van der Waals surface area (Å²) in [5.74, 6) is -1.23. The summed E-state index contributed by atoms with van der Waals surface area (Å²) in [4.78, 5) is 10.5. The van der Waals surface area contributed by atoms with E-state index < -0.39 is 16.0 Å². The minimum absolute atomic E-state index is 0.0117. The first-order valence-corrected chi connectivity index (χ1v) is 7.51. The van der Waals surface area contributed by atoms with Gasteiger partial charge in [0.1, 0.15) is 17.3 Å². The summed E-state index contributed by atoms with van der Waals surface area (Å²) in [6.07, 6.45) is 0.871. The molecule has 0 radical (unpaired) electrons. The van der Waals surface area contributed by atoms with Crippen molar-refractivity contribution in [3.8, 4) is 5.75 Å². The van der Waals surface area contributed by atoms with E-state index in [2.05, 4.69) is 0 Å². The van der Waals surface area contributed by atoms with Gasteiger partial charge in [0.25, 0.3) is 0 Å². The van der Waals surface area contributed by atoms with Crippen LogP contribution in [0, 0.1) is 0 Å². The van der Waals surface area contributed by atoms with Crippen LogP contribution in [-0.4, -0.2) is 39.3 Å². The summed E-state index contributed by atoms with van der Waals surface area (Å²) in [5.41, 5.74) is -0.177. The van der Waals surface area contributed by atoms with E-state index in [-0.39, 0.29) is 22.8 Å². The normalized spacial score (nSPS) is 11.3. The molecule has 0 aliphatic carbocycles. The summed E-state index contributed by atoms with van der Waals surface area (Å²) in [6.45, 7) is 3.00. The molecule has 0 heterocycles. The van der Waals surface area contributed by atoms with Gasteiger partial charge in [-0.15, -0.1) is 0 Å². The maximum atomic E-state index is 11.4. The zero-order chi connectivity index (χ0) is 15.2. The van der Waals surface area contributed by atoms with Crippen molar-refractivity contribution in [2.75, 3.05) is 19.8 Å². The lowest BCUT2D eigenvalue weighted by atomic mass is 10.2. The summed E-state index contributed by atoms with van der Waals surface area (Å²) in [6, 6.07) is 3.49. The highest BCUT2D eigenvalue weighted by Gasteiger charge is 2.18. The van der Waals surface area contributed by atoms with Crippen LogP contribution in [0.2, 0.25) is 0 Å². The van der Waals surface area contributed by atoms with Gasteiger partial charge in [0.2, 0.25) is 10.0 Å². The molecule has 0 aliphatic heterocycles. The molecule has 0 unspecified atom stereocenters. The van der Waals surface area contributed by atoms with Crippen LogP contribution in [0.5, 0.6) is 5.75 Å². The summed E-state index contributed by atoms with van der Waals surface area (Å²) in [7, 11) is -4.07. The van der Waals surface area contributed by atoms with E-state index in [1.54, 1.807) is 0 Å². The Morgan fingerprint density at radius 2 is 2.00 bits per heavy atom. The van der Waals surface area contributed by atoms with Crippen LogP contribution in [0.4, 0.5) is 0 Å². The second kappa shape index (κ2) is 7.22. The number of aromatic carboxylic acids is 1. The maximum Gasteiger partial charge on any atom is 0.335 e. The average Bonchev–Trinajstić information content (AvgIpc) is 2.37. The highest BCUT2D eigenvalue weighted by atomic mass is 32.2. The second-order valence-electron chi connectivity index (χ2n) is 3.97. The lowest BCUT2D eigenvalue weighted by Crippen LogP contribution is -2.16. The number of hydrogen-bond acceptors (Lipinski definition) is 5. The molecule has 0 aromatic heterocycles. The molecular weight excluding hydrogens is 286 g/mol. The fourth-order valence-corrected chi connectivity index (χ4v) is 2.14. The van der Waals surface area contributed by atoms with Crippen LogP contribution >= 0.6 is 0 Å². The van der Waals surface area contributed by atoms with Crippen LogP contribution in [-0.2, 0) is 14.8 Å².